The Bertz CT molecular complexity index is 1010. The maximum absolute atomic E-state index is 9.50. The van der Waals surface area contributed by atoms with Crippen molar-refractivity contribution in [1.82, 2.24) is 9.78 Å². The molecule has 0 saturated carbocycles. The zero-order valence-electron chi connectivity index (χ0n) is 18.2. The maximum atomic E-state index is 9.50. The lowest BCUT2D eigenvalue weighted by Crippen LogP contribution is -2.38. The molecule has 31 heavy (non-hydrogen) atoms. The zero-order valence-corrected chi connectivity index (χ0v) is 19.0. The topological polar surface area (TPSA) is 76.7 Å². The Balaban J connectivity index is 1.96. The van der Waals surface area contributed by atoms with Crippen molar-refractivity contribution in [3.8, 4) is 17.0 Å². The molecule has 2 aromatic carbocycles. The minimum absolute atomic E-state index is 0.0689. The van der Waals surface area contributed by atoms with Crippen LogP contribution in [0.5, 0.6) is 5.75 Å². The van der Waals surface area contributed by atoms with Gasteiger partial charge in [-0.2, -0.15) is 5.10 Å². The van der Waals surface area contributed by atoms with E-state index < -0.39 is 11.9 Å². The second-order valence-electron chi connectivity index (χ2n) is 8.23. The van der Waals surface area contributed by atoms with Crippen molar-refractivity contribution in [2.24, 2.45) is 0 Å². The van der Waals surface area contributed by atoms with E-state index in [-0.39, 0.29) is 12.7 Å². The number of aliphatic hydroxyl groups is 2. The molecule has 0 bridgehead atoms. The molecule has 0 spiro atoms. The molecule has 0 unspecified atom stereocenters. The largest absolute Gasteiger partial charge is 0.491 e. The molecule has 0 aliphatic heterocycles. The average Bonchev–Trinajstić information content (AvgIpc) is 3.11. The third-order valence-electron chi connectivity index (χ3n) is 4.82. The molecule has 7 heteroatoms. The number of aromatic nitrogens is 2. The van der Waals surface area contributed by atoms with Crippen LogP contribution in [0.25, 0.3) is 11.3 Å². The van der Waals surface area contributed by atoms with Gasteiger partial charge in [-0.15, -0.1) is 0 Å². The number of ether oxygens (including phenoxy) is 2. The summed E-state index contributed by atoms with van der Waals surface area (Å²) < 4.78 is 13.4. The van der Waals surface area contributed by atoms with E-state index in [4.69, 9.17) is 26.2 Å². The molecule has 0 aliphatic rings. The first-order valence-electron chi connectivity index (χ1n) is 10.2. The number of benzene rings is 2. The number of nitrogens with zero attached hydrogens (tertiary/aromatic N) is 2. The highest BCUT2D eigenvalue weighted by molar-refractivity contribution is 6.31. The Hall–Kier alpha value is -2.38. The number of rotatable bonds is 9. The SMILES string of the molecule is CC(C)Oc1cccc(-c2cc(COC(C)(C)C(O)O)nn2Cc2ccccc2Cl)c1. The summed E-state index contributed by atoms with van der Waals surface area (Å²) in [6, 6.07) is 17.4. The molecule has 1 aromatic heterocycles. The molecule has 166 valence electrons. The lowest BCUT2D eigenvalue weighted by atomic mass is 10.1. The van der Waals surface area contributed by atoms with Crippen LogP contribution in [-0.4, -0.2) is 38.0 Å². The highest BCUT2D eigenvalue weighted by atomic mass is 35.5. The van der Waals surface area contributed by atoms with Gasteiger partial charge in [-0.1, -0.05) is 41.9 Å². The first-order valence-corrected chi connectivity index (χ1v) is 10.6. The van der Waals surface area contributed by atoms with E-state index in [1.807, 2.05) is 73.1 Å². The smallest absolute Gasteiger partial charge is 0.180 e. The average molecular weight is 445 g/mol. The molecular formula is C24H29ClN2O4. The van der Waals surface area contributed by atoms with Gasteiger partial charge in [0.05, 0.1) is 30.6 Å². The van der Waals surface area contributed by atoms with E-state index in [0.717, 1.165) is 22.6 Å². The fraction of sp³-hybridized carbons (Fsp3) is 0.375. The first-order chi connectivity index (χ1) is 14.7. The second-order valence-corrected chi connectivity index (χ2v) is 8.64. The van der Waals surface area contributed by atoms with Crippen LogP contribution in [0.2, 0.25) is 5.02 Å². The van der Waals surface area contributed by atoms with Crippen LogP contribution in [0.4, 0.5) is 0 Å². The van der Waals surface area contributed by atoms with Gasteiger partial charge in [-0.05, 0) is 57.5 Å². The van der Waals surface area contributed by atoms with Crippen molar-refractivity contribution in [3.63, 3.8) is 0 Å². The Labute approximate surface area is 188 Å². The minimum atomic E-state index is -1.60. The lowest BCUT2D eigenvalue weighted by molar-refractivity contribution is -0.197. The summed E-state index contributed by atoms with van der Waals surface area (Å²) in [6.07, 6.45) is -1.53. The Kier molecular flexibility index (Phi) is 7.38. The highest BCUT2D eigenvalue weighted by Gasteiger charge is 2.27. The monoisotopic (exact) mass is 444 g/mol. The van der Waals surface area contributed by atoms with Crippen molar-refractivity contribution in [1.29, 1.82) is 0 Å². The van der Waals surface area contributed by atoms with E-state index in [1.165, 1.54) is 0 Å². The number of hydrogen-bond acceptors (Lipinski definition) is 5. The summed E-state index contributed by atoms with van der Waals surface area (Å²) in [4.78, 5) is 0. The molecule has 3 aromatic rings. The molecule has 0 saturated heterocycles. The van der Waals surface area contributed by atoms with E-state index in [9.17, 15) is 10.2 Å². The molecule has 0 radical (unpaired) electrons. The van der Waals surface area contributed by atoms with Gasteiger partial charge in [0.15, 0.2) is 6.29 Å². The van der Waals surface area contributed by atoms with Crippen molar-refractivity contribution in [2.75, 3.05) is 0 Å². The maximum Gasteiger partial charge on any atom is 0.180 e. The summed E-state index contributed by atoms with van der Waals surface area (Å²) in [6.45, 7) is 7.83. The van der Waals surface area contributed by atoms with E-state index >= 15 is 0 Å². The van der Waals surface area contributed by atoms with Crippen LogP contribution in [-0.2, 0) is 17.9 Å². The Morgan fingerprint density at radius 3 is 2.48 bits per heavy atom. The predicted octanol–water partition coefficient (Wildman–Crippen LogP) is 4.64. The first kappa shape index (κ1) is 23.3. The van der Waals surface area contributed by atoms with Crippen LogP contribution >= 0.6 is 11.6 Å². The number of hydrogen-bond donors (Lipinski definition) is 2. The third-order valence-corrected chi connectivity index (χ3v) is 5.19. The third kappa shape index (κ3) is 6.08. The van der Waals surface area contributed by atoms with Gasteiger partial charge in [0.2, 0.25) is 0 Å². The number of aliphatic hydroxyl groups excluding tert-OH is 1. The summed E-state index contributed by atoms with van der Waals surface area (Å²) in [5.74, 6) is 0.778. The normalized spacial score (nSPS) is 12.0. The predicted molar refractivity (Wildman–Crippen MR) is 121 cm³/mol. The molecule has 2 N–H and O–H groups in total. The van der Waals surface area contributed by atoms with Crippen LogP contribution in [0.1, 0.15) is 39.0 Å². The van der Waals surface area contributed by atoms with Gasteiger partial charge < -0.3 is 19.7 Å². The molecule has 6 nitrogen and oxygen atoms in total. The van der Waals surface area contributed by atoms with E-state index in [0.29, 0.717) is 17.3 Å². The standard InChI is InChI=1S/C24H29ClN2O4/c1-16(2)31-20-10-7-9-17(12-20)22-13-19(15-30-24(3,4)23(28)29)26-27(22)14-18-8-5-6-11-21(18)25/h5-13,16,23,28-29H,14-15H2,1-4H3. The molecule has 3 rings (SSSR count). The lowest BCUT2D eigenvalue weighted by Gasteiger charge is -2.26. The van der Waals surface area contributed by atoms with Gasteiger partial charge in [-0.25, -0.2) is 0 Å². The molecule has 0 aliphatic carbocycles. The van der Waals surface area contributed by atoms with E-state index in [2.05, 4.69) is 0 Å². The van der Waals surface area contributed by atoms with Gasteiger partial charge in [0.1, 0.15) is 11.4 Å². The van der Waals surface area contributed by atoms with Gasteiger partial charge in [-0.3, -0.25) is 4.68 Å². The van der Waals surface area contributed by atoms with Gasteiger partial charge in [0.25, 0.3) is 0 Å². The summed E-state index contributed by atoms with van der Waals surface area (Å²) >= 11 is 6.38. The molecule has 1 heterocycles. The Morgan fingerprint density at radius 2 is 1.81 bits per heavy atom. The fourth-order valence-corrected chi connectivity index (χ4v) is 3.21. The van der Waals surface area contributed by atoms with Crippen molar-refractivity contribution >= 4 is 11.6 Å². The quantitative estimate of drug-likeness (QED) is 0.470. The molecular weight excluding hydrogens is 416 g/mol. The summed E-state index contributed by atoms with van der Waals surface area (Å²) in [5, 5.41) is 24.4. The van der Waals surface area contributed by atoms with Crippen LogP contribution in [0.15, 0.2) is 54.6 Å². The second kappa shape index (κ2) is 9.83. The van der Waals surface area contributed by atoms with Crippen LogP contribution in [0.3, 0.4) is 0 Å². The van der Waals surface area contributed by atoms with Crippen LogP contribution in [0, 0.1) is 0 Å². The minimum Gasteiger partial charge on any atom is -0.491 e. The summed E-state index contributed by atoms with van der Waals surface area (Å²) in [5.41, 5.74) is 2.34. The highest BCUT2D eigenvalue weighted by Crippen LogP contribution is 2.28. The summed E-state index contributed by atoms with van der Waals surface area (Å²) in [7, 11) is 0. The van der Waals surface area contributed by atoms with Crippen molar-refractivity contribution in [2.45, 2.75) is 58.8 Å². The Morgan fingerprint density at radius 1 is 1.06 bits per heavy atom. The van der Waals surface area contributed by atoms with Crippen molar-refractivity contribution < 1.29 is 19.7 Å². The molecule has 0 fully saturated rings. The van der Waals surface area contributed by atoms with Gasteiger partial charge in [0, 0.05) is 10.6 Å². The molecule has 0 atom stereocenters. The van der Waals surface area contributed by atoms with E-state index in [1.54, 1.807) is 13.8 Å². The number of halogens is 1. The van der Waals surface area contributed by atoms with Crippen LogP contribution < -0.4 is 4.74 Å². The van der Waals surface area contributed by atoms with Gasteiger partial charge >= 0.3 is 0 Å². The zero-order chi connectivity index (χ0) is 22.6. The molecule has 0 amide bonds. The fourth-order valence-electron chi connectivity index (χ4n) is 3.02. The van der Waals surface area contributed by atoms with Crippen molar-refractivity contribution in [3.05, 3.63) is 70.9 Å².